The fourth-order valence-corrected chi connectivity index (χ4v) is 4.49. The van der Waals surface area contributed by atoms with Crippen LogP contribution in [0.3, 0.4) is 0 Å². The molecule has 0 spiro atoms. The predicted molar refractivity (Wildman–Crippen MR) is 130 cm³/mol. The number of benzene rings is 3. The monoisotopic (exact) mass is 441 g/mol. The van der Waals surface area contributed by atoms with Crippen molar-refractivity contribution in [3.05, 3.63) is 118 Å². The molecule has 4 aromatic rings. The number of nitrogens with one attached hydrogen (secondary N) is 1. The van der Waals surface area contributed by atoms with Gasteiger partial charge in [0.25, 0.3) is 0 Å². The molecule has 0 fully saturated rings. The van der Waals surface area contributed by atoms with E-state index in [-0.39, 0.29) is 12.1 Å². The van der Waals surface area contributed by atoms with Crippen molar-refractivity contribution in [3.63, 3.8) is 0 Å². The SMILES string of the molecule is Cc1ccc([C@@H]2c3cccn3-c3ccccc3CN2C(=O)Nc2ccc(C)c(Cl)c2)cc1. The van der Waals surface area contributed by atoms with E-state index < -0.39 is 0 Å². The fraction of sp³-hybridized carbons (Fsp3) is 0.148. The molecule has 2 heterocycles. The van der Waals surface area contributed by atoms with E-state index in [1.165, 1.54) is 5.56 Å². The minimum atomic E-state index is -0.237. The van der Waals surface area contributed by atoms with Gasteiger partial charge in [-0.15, -0.1) is 0 Å². The van der Waals surface area contributed by atoms with Gasteiger partial charge in [-0.05, 0) is 60.9 Å². The number of aryl methyl sites for hydroxylation is 2. The first kappa shape index (κ1) is 20.4. The number of carbonyl (C=O) groups excluding carboxylic acids is 1. The van der Waals surface area contributed by atoms with Crippen molar-refractivity contribution in [1.29, 1.82) is 0 Å². The average Bonchev–Trinajstić information content (AvgIpc) is 3.21. The second kappa shape index (κ2) is 8.21. The number of urea groups is 1. The standard InChI is InChI=1S/C27H24ClN3O/c1-18-9-12-20(13-10-18)26-25-8-5-15-30(25)24-7-4-3-6-21(24)17-31(26)27(32)29-22-14-11-19(2)23(28)16-22/h3-16,26H,17H2,1-2H3,(H,29,32)/t26-/m1/s1. The highest BCUT2D eigenvalue weighted by Gasteiger charge is 2.33. The Morgan fingerprint density at radius 1 is 0.969 bits per heavy atom. The Labute approximate surface area is 193 Å². The van der Waals surface area contributed by atoms with Crippen LogP contribution in [0.25, 0.3) is 5.69 Å². The molecule has 1 N–H and O–H groups in total. The highest BCUT2D eigenvalue weighted by molar-refractivity contribution is 6.31. The third kappa shape index (κ3) is 3.67. The molecule has 1 atom stereocenters. The molecule has 1 aromatic heterocycles. The molecule has 0 saturated heterocycles. The molecule has 32 heavy (non-hydrogen) atoms. The van der Waals surface area contributed by atoms with E-state index in [9.17, 15) is 4.79 Å². The smallest absolute Gasteiger partial charge is 0.318 e. The van der Waals surface area contributed by atoms with E-state index in [4.69, 9.17) is 11.6 Å². The van der Waals surface area contributed by atoms with Gasteiger partial charge in [0.2, 0.25) is 0 Å². The largest absolute Gasteiger partial charge is 0.322 e. The molecule has 5 heteroatoms. The summed E-state index contributed by atoms with van der Waals surface area (Å²) in [6.45, 7) is 4.50. The quantitative estimate of drug-likeness (QED) is 0.361. The molecule has 0 unspecified atom stereocenters. The number of nitrogens with zero attached hydrogens (tertiary/aromatic N) is 2. The van der Waals surface area contributed by atoms with E-state index in [2.05, 4.69) is 65.5 Å². The van der Waals surface area contributed by atoms with Crippen molar-refractivity contribution in [3.8, 4) is 5.69 Å². The Morgan fingerprint density at radius 3 is 2.53 bits per heavy atom. The lowest BCUT2D eigenvalue weighted by Gasteiger charge is -2.31. The van der Waals surface area contributed by atoms with Crippen molar-refractivity contribution in [1.82, 2.24) is 9.47 Å². The van der Waals surface area contributed by atoms with E-state index in [1.54, 1.807) is 6.07 Å². The summed E-state index contributed by atoms with van der Waals surface area (Å²) >= 11 is 6.30. The summed E-state index contributed by atoms with van der Waals surface area (Å²) in [6, 6.07) is 26.0. The van der Waals surface area contributed by atoms with Crippen LogP contribution in [0.5, 0.6) is 0 Å². The van der Waals surface area contributed by atoms with Crippen LogP contribution in [0.1, 0.15) is 34.0 Å². The van der Waals surface area contributed by atoms with Gasteiger partial charge in [-0.1, -0.05) is 65.7 Å². The minimum Gasteiger partial charge on any atom is -0.318 e. The Kier molecular flexibility index (Phi) is 5.24. The maximum absolute atomic E-state index is 13.7. The van der Waals surface area contributed by atoms with Crippen LogP contribution >= 0.6 is 11.6 Å². The second-order valence-electron chi connectivity index (χ2n) is 8.27. The number of rotatable bonds is 2. The number of amides is 2. The van der Waals surface area contributed by atoms with Crippen LogP contribution in [0, 0.1) is 13.8 Å². The first-order chi connectivity index (χ1) is 15.5. The van der Waals surface area contributed by atoms with Crippen molar-refractivity contribution >= 4 is 23.3 Å². The molecular formula is C27H24ClN3O. The third-order valence-electron chi connectivity index (χ3n) is 6.04. The lowest BCUT2D eigenvalue weighted by molar-refractivity contribution is 0.194. The molecule has 4 nitrogen and oxygen atoms in total. The zero-order valence-electron chi connectivity index (χ0n) is 18.0. The molecule has 1 aliphatic heterocycles. The number of halogens is 1. The molecule has 0 aliphatic carbocycles. The van der Waals surface area contributed by atoms with Crippen LogP contribution in [0.15, 0.2) is 85.1 Å². The summed E-state index contributed by atoms with van der Waals surface area (Å²) < 4.78 is 2.19. The Morgan fingerprint density at radius 2 is 1.75 bits per heavy atom. The van der Waals surface area contributed by atoms with Crippen LogP contribution < -0.4 is 5.32 Å². The molecule has 2 amide bonds. The number of hydrogen-bond donors (Lipinski definition) is 1. The molecule has 160 valence electrons. The number of aromatic nitrogens is 1. The zero-order valence-corrected chi connectivity index (χ0v) is 18.8. The summed E-state index contributed by atoms with van der Waals surface area (Å²) in [5.41, 5.74) is 7.16. The van der Waals surface area contributed by atoms with Gasteiger partial charge < -0.3 is 14.8 Å². The van der Waals surface area contributed by atoms with Gasteiger partial charge in [0.15, 0.2) is 0 Å². The number of carbonyl (C=O) groups is 1. The topological polar surface area (TPSA) is 37.3 Å². The Bertz CT molecular complexity index is 1290. The molecule has 1 aliphatic rings. The minimum absolute atomic E-state index is 0.167. The van der Waals surface area contributed by atoms with Crippen molar-refractivity contribution in [2.45, 2.75) is 26.4 Å². The van der Waals surface area contributed by atoms with Crippen LogP contribution in [-0.2, 0) is 6.54 Å². The van der Waals surface area contributed by atoms with Gasteiger partial charge in [-0.25, -0.2) is 4.79 Å². The summed E-state index contributed by atoms with van der Waals surface area (Å²) in [6.07, 6.45) is 2.07. The zero-order chi connectivity index (χ0) is 22.2. The molecule has 5 rings (SSSR count). The summed E-state index contributed by atoms with van der Waals surface area (Å²) in [5, 5.41) is 3.70. The van der Waals surface area contributed by atoms with Crippen molar-refractivity contribution in [2.24, 2.45) is 0 Å². The van der Waals surface area contributed by atoms with E-state index >= 15 is 0 Å². The van der Waals surface area contributed by atoms with Crippen molar-refractivity contribution in [2.75, 3.05) is 5.32 Å². The summed E-state index contributed by atoms with van der Waals surface area (Å²) in [4.78, 5) is 15.6. The van der Waals surface area contributed by atoms with Gasteiger partial charge in [-0.3, -0.25) is 0 Å². The fourth-order valence-electron chi connectivity index (χ4n) is 4.30. The second-order valence-corrected chi connectivity index (χ2v) is 8.67. The van der Waals surface area contributed by atoms with E-state index in [1.807, 2.05) is 42.2 Å². The van der Waals surface area contributed by atoms with E-state index in [0.29, 0.717) is 17.3 Å². The lowest BCUT2D eigenvalue weighted by atomic mass is 10.0. The highest BCUT2D eigenvalue weighted by atomic mass is 35.5. The maximum atomic E-state index is 13.7. The number of hydrogen-bond acceptors (Lipinski definition) is 1. The van der Waals surface area contributed by atoms with Gasteiger partial charge in [0.05, 0.1) is 18.3 Å². The molecule has 0 radical (unpaired) electrons. The van der Waals surface area contributed by atoms with Gasteiger partial charge >= 0.3 is 6.03 Å². The normalized spacial score (nSPS) is 15.0. The van der Waals surface area contributed by atoms with Crippen molar-refractivity contribution < 1.29 is 4.79 Å². The average molecular weight is 442 g/mol. The summed E-state index contributed by atoms with van der Waals surface area (Å²) in [5.74, 6) is 0. The van der Waals surface area contributed by atoms with Gasteiger partial charge in [-0.2, -0.15) is 0 Å². The molecule has 0 saturated carbocycles. The summed E-state index contributed by atoms with van der Waals surface area (Å²) in [7, 11) is 0. The van der Waals surface area contributed by atoms with Gasteiger partial charge in [0, 0.05) is 22.6 Å². The predicted octanol–water partition coefficient (Wildman–Crippen LogP) is 6.88. The first-order valence-electron chi connectivity index (χ1n) is 10.7. The number of para-hydroxylation sites is 1. The lowest BCUT2D eigenvalue weighted by Crippen LogP contribution is -2.37. The molecule has 3 aromatic carbocycles. The molecule has 0 bridgehead atoms. The van der Waals surface area contributed by atoms with E-state index in [0.717, 1.165) is 28.1 Å². The Hall–Kier alpha value is -3.50. The Balaban J connectivity index is 1.61. The number of anilines is 1. The third-order valence-corrected chi connectivity index (χ3v) is 6.45. The number of fused-ring (bicyclic) bond motifs is 3. The van der Waals surface area contributed by atoms with Crippen LogP contribution in [0.4, 0.5) is 10.5 Å². The molecular weight excluding hydrogens is 418 g/mol. The van der Waals surface area contributed by atoms with Crippen LogP contribution in [0.2, 0.25) is 5.02 Å². The maximum Gasteiger partial charge on any atom is 0.322 e. The van der Waals surface area contributed by atoms with Crippen LogP contribution in [-0.4, -0.2) is 15.5 Å². The van der Waals surface area contributed by atoms with Gasteiger partial charge in [0.1, 0.15) is 0 Å². The highest BCUT2D eigenvalue weighted by Crippen LogP contribution is 2.37. The first-order valence-corrected chi connectivity index (χ1v) is 11.0.